The molecule has 0 atom stereocenters. The van der Waals surface area contributed by atoms with Crippen molar-refractivity contribution in [2.24, 2.45) is 5.92 Å². The maximum Gasteiger partial charge on any atom is 0.163 e. The molecule has 1 saturated carbocycles. The molecular weight excluding hydrogens is 234 g/mol. The third-order valence-corrected chi connectivity index (χ3v) is 3.86. The van der Waals surface area contributed by atoms with E-state index in [1.807, 2.05) is 0 Å². The predicted octanol–water partition coefficient (Wildman–Crippen LogP) is 4.08. The highest BCUT2D eigenvalue weighted by Crippen LogP contribution is 2.28. The summed E-state index contributed by atoms with van der Waals surface area (Å²) < 4.78 is 0. The van der Waals surface area contributed by atoms with E-state index in [1.54, 1.807) is 18.2 Å². The molecular formula is C14H18ClNO. The van der Waals surface area contributed by atoms with Crippen molar-refractivity contribution in [3.8, 4) is 0 Å². The summed E-state index contributed by atoms with van der Waals surface area (Å²) in [4.78, 5) is 12.1. The van der Waals surface area contributed by atoms with Crippen molar-refractivity contribution >= 4 is 23.1 Å². The fraction of sp³-hybridized carbons (Fsp3) is 0.500. The van der Waals surface area contributed by atoms with Crippen LogP contribution in [-0.4, -0.2) is 5.78 Å². The second kappa shape index (κ2) is 5.54. The zero-order valence-corrected chi connectivity index (χ0v) is 10.7. The third-order valence-electron chi connectivity index (χ3n) is 3.52. The van der Waals surface area contributed by atoms with E-state index in [9.17, 15) is 4.79 Å². The van der Waals surface area contributed by atoms with Crippen LogP contribution in [0.15, 0.2) is 18.2 Å². The molecule has 2 nitrogen and oxygen atoms in total. The van der Waals surface area contributed by atoms with Crippen LogP contribution in [0.1, 0.15) is 48.9 Å². The fourth-order valence-electron chi connectivity index (χ4n) is 2.49. The number of ketones is 1. The second-order valence-corrected chi connectivity index (χ2v) is 5.27. The van der Waals surface area contributed by atoms with Gasteiger partial charge >= 0.3 is 0 Å². The Morgan fingerprint density at radius 1 is 1.29 bits per heavy atom. The van der Waals surface area contributed by atoms with Gasteiger partial charge in [-0.1, -0.05) is 43.7 Å². The van der Waals surface area contributed by atoms with Crippen LogP contribution in [0.25, 0.3) is 0 Å². The Labute approximate surface area is 107 Å². The average molecular weight is 252 g/mol. The number of anilines is 1. The topological polar surface area (TPSA) is 43.1 Å². The van der Waals surface area contributed by atoms with Crippen molar-refractivity contribution in [3.05, 3.63) is 28.8 Å². The Bertz CT molecular complexity index is 411. The highest BCUT2D eigenvalue weighted by Gasteiger charge is 2.18. The summed E-state index contributed by atoms with van der Waals surface area (Å²) in [6.45, 7) is 0. The molecule has 2 N–H and O–H groups in total. The lowest BCUT2D eigenvalue weighted by molar-refractivity contribution is 0.0950. The molecule has 2 rings (SSSR count). The minimum absolute atomic E-state index is 0.195. The first kappa shape index (κ1) is 12.4. The van der Waals surface area contributed by atoms with Crippen molar-refractivity contribution in [1.29, 1.82) is 0 Å². The van der Waals surface area contributed by atoms with E-state index in [1.165, 1.54) is 32.1 Å². The number of benzene rings is 1. The number of hydrogen-bond acceptors (Lipinski definition) is 2. The summed E-state index contributed by atoms with van der Waals surface area (Å²) in [6, 6.07) is 5.16. The monoisotopic (exact) mass is 251 g/mol. The molecule has 0 heterocycles. The van der Waals surface area contributed by atoms with E-state index in [0.717, 1.165) is 0 Å². The number of hydrogen-bond donors (Lipinski definition) is 1. The Kier molecular flexibility index (Phi) is 4.06. The van der Waals surface area contributed by atoms with Crippen LogP contribution in [0.4, 0.5) is 5.69 Å². The second-order valence-electron chi connectivity index (χ2n) is 4.87. The number of carbonyl (C=O) groups excluding carboxylic acids is 1. The average Bonchev–Trinajstić information content (AvgIpc) is 2.34. The van der Waals surface area contributed by atoms with Crippen molar-refractivity contribution < 1.29 is 4.79 Å². The molecule has 92 valence electrons. The summed E-state index contributed by atoms with van der Waals surface area (Å²) in [5, 5.41) is 0.513. The van der Waals surface area contributed by atoms with Gasteiger partial charge in [0.1, 0.15) is 0 Å². The lowest BCUT2D eigenvalue weighted by Crippen LogP contribution is -2.12. The van der Waals surface area contributed by atoms with Gasteiger partial charge in [-0.05, 0) is 24.1 Å². The third kappa shape index (κ3) is 3.22. The van der Waals surface area contributed by atoms with Gasteiger partial charge in [0.2, 0.25) is 0 Å². The first-order valence-electron chi connectivity index (χ1n) is 6.25. The molecule has 1 aliphatic rings. The highest BCUT2D eigenvalue weighted by molar-refractivity contribution is 6.33. The number of nitrogen functional groups attached to an aromatic ring is 1. The van der Waals surface area contributed by atoms with Crippen LogP contribution >= 0.6 is 11.6 Å². The van der Waals surface area contributed by atoms with Gasteiger partial charge in [-0.25, -0.2) is 0 Å². The van der Waals surface area contributed by atoms with E-state index < -0.39 is 0 Å². The van der Waals surface area contributed by atoms with Gasteiger partial charge in [0.05, 0.1) is 10.7 Å². The van der Waals surface area contributed by atoms with Gasteiger partial charge < -0.3 is 5.73 Å². The molecule has 1 aromatic rings. The van der Waals surface area contributed by atoms with E-state index >= 15 is 0 Å². The van der Waals surface area contributed by atoms with Crippen LogP contribution in [0.2, 0.25) is 5.02 Å². The summed E-state index contributed by atoms with van der Waals surface area (Å²) >= 11 is 5.84. The Hall–Kier alpha value is -1.02. The largest absolute Gasteiger partial charge is 0.398 e. The summed E-state index contributed by atoms with van der Waals surface area (Å²) in [7, 11) is 0. The van der Waals surface area contributed by atoms with Crippen LogP contribution in [0.5, 0.6) is 0 Å². The highest BCUT2D eigenvalue weighted by atomic mass is 35.5. The molecule has 0 unspecified atom stereocenters. The molecule has 1 aromatic carbocycles. The van der Waals surface area contributed by atoms with Gasteiger partial charge in [-0.3, -0.25) is 4.79 Å². The summed E-state index contributed by atoms with van der Waals surface area (Å²) in [5.41, 5.74) is 6.89. The number of carbonyl (C=O) groups is 1. The number of halogens is 1. The maximum atomic E-state index is 12.1. The molecule has 1 aliphatic carbocycles. The molecule has 0 radical (unpaired) electrons. The first-order chi connectivity index (χ1) is 8.16. The SMILES string of the molecule is Nc1cc(C(=O)CC2CCCCC2)ccc1Cl. The number of Topliss-reactive ketones (excluding diaryl/α,β-unsaturated/α-hetero) is 1. The quantitative estimate of drug-likeness (QED) is 0.650. The van der Waals surface area contributed by atoms with Crippen molar-refractivity contribution in [2.75, 3.05) is 5.73 Å². The minimum Gasteiger partial charge on any atom is -0.398 e. The van der Waals surface area contributed by atoms with E-state index in [0.29, 0.717) is 28.6 Å². The van der Waals surface area contributed by atoms with Crippen LogP contribution < -0.4 is 5.73 Å². The minimum atomic E-state index is 0.195. The molecule has 3 heteroatoms. The first-order valence-corrected chi connectivity index (χ1v) is 6.63. The molecule has 0 bridgehead atoms. The standard InChI is InChI=1S/C14H18ClNO/c15-12-7-6-11(9-13(12)16)14(17)8-10-4-2-1-3-5-10/h6-7,9-10H,1-5,8,16H2. The molecule has 0 spiro atoms. The summed E-state index contributed by atoms with van der Waals surface area (Å²) in [6.07, 6.45) is 6.88. The predicted molar refractivity (Wildman–Crippen MR) is 71.4 cm³/mol. The lowest BCUT2D eigenvalue weighted by atomic mass is 9.85. The Morgan fingerprint density at radius 3 is 2.65 bits per heavy atom. The Balaban J connectivity index is 2.01. The van der Waals surface area contributed by atoms with E-state index in [-0.39, 0.29) is 5.78 Å². The number of rotatable bonds is 3. The zero-order chi connectivity index (χ0) is 12.3. The summed E-state index contributed by atoms with van der Waals surface area (Å²) in [5.74, 6) is 0.758. The van der Waals surface area contributed by atoms with Gasteiger partial charge in [-0.15, -0.1) is 0 Å². The normalized spacial score (nSPS) is 17.0. The van der Waals surface area contributed by atoms with Crippen LogP contribution in [0, 0.1) is 5.92 Å². The van der Waals surface area contributed by atoms with Crippen LogP contribution in [0.3, 0.4) is 0 Å². The van der Waals surface area contributed by atoms with Gasteiger partial charge in [0.15, 0.2) is 5.78 Å². The molecule has 0 saturated heterocycles. The smallest absolute Gasteiger partial charge is 0.163 e. The van der Waals surface area contributed by atoms with Crippen LogP contribution in [-0.2, 0) is 0 Å². The van der Waals surface area contributed by atoms with Crippen molar-refractivity contribution in [3.63, 3.8) is 0 Å². The molecule has 1 fully saturated rings. The molecule has 0 aromatic heterocycles. The van der Waals surface area contributed by atoms with Gasteiger partial charge in [-0.2, -0.15) is 0 Å². The maximum absolute atomic E-state index is 12.1. The molecule has 17 heavy (non-hydrogen) atoms. The molecule has 0 aliphatic heterocycles. The fourth-order valence-corrected chi connectivity index (χ4v) is 2.61. The Morgan fingerprint density at radius 2 is 2.00 bits per heavy atom. The van der Waals surface area contributed by atoms with Crippen molar-refractivity contribution in [1.82, 2.24) is 0 Å². The van der Waals surface area contributed by atoms with Crippen molar-refractivity contribution in [2.45, 2.75) is 38.5 Å². The van der Waals surface area contributed by atoms with E-state index in [2.05, 4.69) is 0 Å². The molecule has 0 amide bonds. The van der Waals surface area contributed by atoms with Gasteiger partial charge in [0, 0.05) is 12.0 Å². The van der Waals surface area contributed by atoms with Gasteiger partial charge in [0.25, 0.3) is 0 Å². The zero-order valence-electron chi connectivity index (χ0n) is 9.92. The lowest BCUT2D eigenvalue weighted by Gasteiger charge is -2.20. The number of nitrogens with two attached hydrogens (primary N) is 1. The van der Waals surface area contributed by atoms with E-state index in [4.69, 9.17) is 17.3 Å².